The number of nitrogens with two attached hydrogens (primary N) is 2. The standard InChI is InChI=1S/C19H33N5O9/c1-3-9(2)15(24-16(29)10(20)8-25)18(31)22-11(5-7-14(27)28)17(30)23-12(19(32)33)4-6-13(21)26/h9-12,15,25H,3-8,20H2,1-2H3,(H2,21,26)(H,22,31)(H,23,30)(H,24,29)(H,27,28)(H,32,33). The second kappa shape index (κ2) is 14.7. The van der Waals surface area contributed by atoms with Gasteiger partial charge in [0.2, 0.25) is 23.6 Å². The van der Waals surface area contributed by atoms with Crippen LogP contribution >= 0.6 is 0 Å². The smallest absolute Gasteiger partial charge is 0.326 e. The lowest BCUT2D eigenvalue weighted by molar-refractivity contribution is -0.143. The minimum atomic E-state index is -1.50. The Labute approximate surface area is 190 Å². The van der Waals surface area contributed by atoms with Gasteiger partial charge in [0.1, 0.15) is 24.2 Å². The van der Waals surface area contributed by atoms with E-state index in [0.29, 0.717) is 6.42 Å². The SMILES string of the molecule is CCC(C)C(NC(=O)C(N)CO)C(=O)NC(CCC(=O)O)C(=O)NC(CCC(N)=O)C(=O)O. The minimum Gasteiger partial charge on any atom is -0.481 e. The number of amides is 4. The summed E-state index contributed by atoms with van der Waals surface area (Å²) in [4.78, 5) is 70.8. The van der Waals surface area contributed by atoms with Crippen LogP contribution in [-0.4, -0.2) is 81.7 Å². The van der Waals surface area contributed by atoms with Gasteiger partial charge in [-0.25, -0.2) is 4.79 Å². The van der Waals surface area contributed by atoms with Crippen molar-refractivity contribution < 1.29 is 44.1 Å². The maximum absolute atomic E-state index is 12.9. The molecule has 5 unspecified atom stereocenters. The van der Waals surface area contributed by atoms with E-state index in [2.05, 4.69) is 16.0 Å². The van der Waals surface area contributed by atoms with Crippen LogP contribution in [0.3, 0.4) is 0 Å². The zero-order chi connectivity index (χ0) is 25.7. The van der Waals surface area contributed by atoms with Crippen LogP contribution in [0.15, 0.2) is 0 Å². The summed E-state index contributed by atoms with van der Waals surface area (Å²) in [6.45, 7) is 2.73. The largest absolute Gasteiger partial charge is 0.481 e. The Kier molecular flexibility index (Phi) is 13.3. The maximum atomic E-state index is 12.9. The van der Waals surface area contributed by atoms with E-state index in [-0.39, 0.29) is 19.3 Å². The molecule has 0 heterocycles. The Hall–Kier alpha value is -3.26. The quantitative estimate of drug-likeness (QED) is 0.112. The third-order valence-corrected chi connectivity index (χ3v) is 4.90. The number of aliphatic carboxylic acids is 2. The molecule has 0 fully saturated rings. The predicted molar refractivity (Wildman–Crippen MR) is 113 cm³/mol. The van der Waals surface area contributed by atoms with E-state index in [4.69, 9.17) is 21.7 Å². The van der Waals surface area contributed by atoms with Crippen LogP contribution in [0.25, 0.3) is 0 Å². The molecule has 0 rings (SSSR count). The normalized spacial score (nSPS) is 15.3. The summed E-state index contributed by atoms with van der Waals surface area (Å²) in [5.41, 5.74) is 10.5. The van der Waals surface area contributed by atoms with E-state index in [1.54, 1.807) is 13.8 Å². The molecule has 0 aromatic heterocycles. The average molecular weight is 475 g/mol. The number of carbonyl (C=O) groups excluding carboxylic acids is 4. The summed E-state index contributed by atoms with van der Waals surface area (Å²) in [6.07, 6.45) is -1.08. The molecule has 0 aromatic carbocycles. The van der Waals surface area contributed by atoms with Crippen molar-refractivity contribution in [2.24, 2.45) is 17.4 Å². The molecule has 0 bridgehead atoms. The number of nitrogens with one attached hydrogen (secondary N) is 3. The zero-order valence-electron chi connectivity index (χ0n) is 18.6. The van der Waals surface area contributed by atoms with Gasteiger partial charge in [-0.05, 0) is 18.8 Å². The number of rotatable bonds is 16. The second-order valence-corrected chi connectivity index (χ2v) is 7.56. The summed E-state index contributed by atoms with van der Waals surface area (Å²) in [7, 11) is 0. The van der Waals surface area contributed by atoms with Crippen LogP contribution in [0, 0.1) is 5.92 Å². The van der Waals surface area contributed by atoms with Crippen molar-refractivity contribution in [3.05, 3.63) is 0 Å². The fraction of sp³-hybridized carbons (Fsp3) is 0.684. The first-order valence-electron chi connectivity index (χ1n) is 10.3. The van der Waals surface area contributed by atoms with E-state index >= 15 is 0 Å². The predicted octanol–water partition coefficient (Wildman–Crippen LogP) is -2.98. The number of carbonyl (C=O) groups is 6. The second-order valence-electron chi connectivity index (χ2n) is 7.56. The Morgan fingerprint density at radius 3 is 1.85 bits per heavy atom. The van der Waals surface area contributed by atoms with Crippen LogP contribution in [0.2, 0.25) is 0 Å². The van der Waals surface area contributed by atoms with Crippen LogP contribution in [0.5, 0.6) is 0 Å². The summed E-state index contributed by atoms with van der Waals surface area (Å²) < 4.78 is 0. The molecule has 0 saturated carbocycles. The van der Waals surface area contributed by atoms with Crippen molar-refractivity contribution in [3.63, 3.8) is 0 Å². The Bertz CT molecular complexity index is 730. The molecule has 10 N–H and O–H groups in total. The van der Waals surface area contributed by atoms with Crippen molar-refractivity contribution in [2.45, 2.75) is 70.1 Å². The van der Waals surface area contributed by atoms with Gasteiger partial charge < -0.3 is 42.7 Å². The molecule has 33 heavy (non-hydrogen) atoms. The molecular weight excluding hydrogens is 442 g/mol. The highest BCUT2D eigenvalue weighted by atomic mass is 16.4. The molecule has 0 aliphatic heterocycles. The first kappa shape index (κ1) is 29.7. The average Bonchev–Trinajstić information content (AvgIpc) is 2.75. The highest BCUT2D eigenvalue weighted by Gasteiger charge is 2.32. The molecule has 5 atom stereocenters. The van der Waals surface area contributed by atoms with Gasteiger partial charge in [0.05, 0.1) is 6.61 Å². The lowest BCUT2D eigenvalue weighted by Crippen LogP contribution is -2.59. The molecule has 14 nitrogen and oxygen atoms in total. The highest BCUT2D eigenvalue weighted by molar-refractivity contribution is 5.94. The molecule has 0 saturated heterocycles. The van der Waals surface area contributed by atoms with E-state index < -0.39 is 78.7 Å². The number of aliphatic hydroxyl groups excluding tert-OH is 1. The van der Waals surface area contributed by atoms with Crippen molar-refractivity contribution in [2.75, 3.05) is 6.61 Å². The molecule has 0 radical (unpaired) electrons. The molecule has 4 amide bonds. The monoisotopic (exact) mass is 475 g/mol. The van der Waals surface area contributed by atoms with Gasteiger partial charge in [-0.1, -0.05) is 20.3 Å². The Balaban J connectivity index is 5.59. The van der Waals surface area contributed by atoms with Gasteiger partial charge in [-0.2, -0.15) is 0 Å². The molecule has 0 spiro atoms. The third-order valence-electron chi connectivity index (χ3n) is 4.90. The number of hydrogen-bond acceptors (Lipinski definition) is 8. The fourth-order valence-electron chi connectivity index (χ4n) is 2.66. The van der Waals surface area contributed by atoms with Crippen LogP contribution < -0.4 is 27.4 Å². The molecule has 0 aliphatic rings. The van der Waals surface area contributed by atoms with Crippen LogP contribution in [-0.2, 0) is 28.8 Å². The first-order valence-corrected chi connectivity index (χ1v) is 10.3. The number of aliphatic hydroxyl groups is 1. The molecule has 188 valence electrons. The van der Waals surface area contributed by atoms with Crippen LogP contribution in [0.4, 0.5) is 0 Å². The summed E-state index contributed by atoms with van der Waals surface area (Å²) >= 11 is 0. The number of primary amides is 1. The fourth-order valence-corrected chi connectivity index (χ4v) is 2.66. The van der Waals surface area contributed by atoms with Gasteiger partial charge in [-0.15, -0.1) is 0 Å². The Morgan fingerprint density at radius 1 is 0.848 bits per heavy atom. The van der Waals surface area contributed by atoms with Crippen molar-refractivity contribution in [1.82, 2.24) is 16.0 Å². The number of hydrogen-bond donors (Lipinski definition) is 8. The number of carboxylic acids is 2. The van der Waals surface area contributed by atoms with E-state index in [0.717, 1.165) is 0 Å². The molecule has 0 aromatic rings. The lowest BCUT2D eigenvalue weighted by Gasteiger charge is -2.27. The van der Waals surface area contributed by atoms with Crippen molar-refractivity contribution >= 4 is 35.6 Å². The van der Waals surface area contributed by atoms with Crippen molar-refractivity contribution in [1.29, 1.82) is 0 Å². The van der Waals surface area contributed by atoms with E-state index in [9.17, 15) is 33.9 Å². The Morgan fingerprint density at radius 2 is 1.39 bits per heavy atom. The number of carboxylic acid groups (broad SMARTS) is 2. The molecule has 0 aliphatic carbocycles. The summed E-state index contributed by atoms with van der Waals surface area (Å²) in [6, 6.07) is -5.39. The van der Waals surface area contributed by atoms with Crippen LogP contribution in [0.1, 0.15) is 46.0 Å². The summed E-state index contributed by atoms with van der Waals surface area (Å²) in [5, 5.41) is 34.1. The molecule has 14 heteroatoms. The highest BCUT2D eigenvalue weighted by Crippen LogP contribution is 2.10. The maximum Gasteiger partial charge on any atom is 0.326 e. The lowest BCUT2D eigenvalue weighted by atomic mass is 9.97. The van der Waals surface area contributed by atoms with E-state index in [1.165, 1.54) is 0 Å². The van der Waals surface area contributed by atoms with Gasteiger partial charge in [-0.3, -0.25) is 24.0 Å². The minimum absolute atomic E-state index is 0.305. The van der Waals surface area contributed by atoms with Gasteiger partial charge in [0, 0.05) is 12.8 Å². The van der Waals surface area contributed by atoms with E-state index in [1.807, 2.05) is 0 Å². The topological polar surface area (TPSA) is 251 Å². The molecular formula is C19H33N5O9. The van der Waals surface area contributed by atoms with Crippen molar-refractivity contribution in [3.8, 4) is 0 Å². The van der Waals surface area contributed by atoms with Gasteiger partial charge in [0.15, 0.2) is 0 Å². The zero-order valence-corrected chi connectivity index (χ0v) is 18.6. The van der Waals surface area contributed by atoms with Gasteiger partial charge >= 0.3 is 11.9 Å². The third kappa shape index (κ3) is 11.2. The summed E-state index contributed by atoms with van der Waals surface area (Å²) in [5.74, 6) is -6.52. The first-order chi connectivity index (χ1) is 15.3. The van der Waals surface area contributed by atoms with Gasteiger partial charge in [0.25, 0.3) is 0 Å².